The van der Waals surface area contributed by atoms with Crippen LogP contribution >= 0.6 is 9.24 Å². The summed E-state index contributed by atoms with van der Waals surface area (Å²) in [6.07, 6.45) is -1.20. The van der Waals surface area contributed by atoms with Crippen LogP contribution in [0, 0.1) is 0 Å². The molecule has 0 amide bonds. The van der Waals surface area contributed by atoms with Crippen molar-refractivity contribution in [2.24, 2.45) is 0 Å². The molecule has 0 bridgehead atoms. The Bertz CT molecular complexity index is 249. The normalized spacial score (nSPS) is 24.6. The van der Waals surface area contributed by atoms with E-state index in [0.29, 0.717) is 0 Å². The van der Waals surface area contributed by atoms with Gasteiger partial charge in [0.1, 0.15) is 0 Å². The molecule has 3 unspecified atom stereocenters. The number of carbonyl (C=O) groups is 2. The molecule has 3 atom stereocenters. The van der Waals surface area contributed by atoms with Crippen molar-refractivity contribution < 1.29 is 34.1 Å². The van der Waals surface area contributed by atoms with Crippen LogP contribution in [0.5, 0.6) is 0 Å². The number of hydrogen-bond acceptors (Lipinski definition) is 7. The molecule has 1 rings (SSSR count). The van der Waals surface area contributed by atoms with E-state index < -0.39 is 31.5 Å². The first-order valence-electron chi connectivity index (χ1n) is 4.20. The Morgan fingerprint density at radius 3 is 1.88 bits per heavy atom. The molecule has 0 aliphatic carbocycles. The molecule has 0 saturated carbocycles. The fourth-order valence-electron chi connectivity index (χ4n) is 0.620. The first-order chi connectivity index (χ1) is 7.43. The summed E-state index contributed by atoms with van der Waals surface area (Å²) in [4.78, 5) is 21.1. The summed E-state index contributed by atoms with van der Waals surface area (Å²) in [5.41, 5.74) is 0. The summed E-state index contributed by atoms with van der Waals surface area (Å²) >= 11 is 0. The van der Waals surface area contributed by atoms with E-state index in [2.05, 4.69) is 25.1 Å². The van der Waals surface area contributed by atoms with Crippen LogP contribution in [-0.4, -0.2) is 52.9 Å². The fourth-order valence-corrected chi connectivity index (χ4v) is 0.620. The second-order valence-electron chi connectivity index (χ2n) is 2.59. The summed E-state index contributed by atoms with van der Waals surface area (Å²) in [6.45, 7) is 3.46. The summed E-state index contributed by atoms with van der Waals surface area (Å²) in [5, 5.41) is 26.1. The molecule has 9 heteroatoms. The highest BCUT2D eigenvalue weighted by Gasteiger charge is 2.42. The van der Waals surface area contributed by atoms with Crippen molar-refractivity contribution in [3.63, 3.8) is 0 Å². The Kier molecular flexibility index (Phi) is 6.91. The third kappa shape index (κ3) is 4.72. The predicted molar refractivity (Wildman–Crippen MR) is 56.9 cm³/mol. The summed E-state index contributed by atoms with van der Waals surface area (Å²) in [6, 6.07) is 0. The Hall–Kier alpha value is -0.945. The Morgan fingerprint density at radius 1 is 1.31 bits per heavy atom. The number of rotatable bonds is 1. The van der Waals surface area contributed by atoms with Crippen molar-refractivity contribution in [3.05, 3.63) is 12.7 Å². The lowest BCUT2D eigenvalue weighted by Gasteiger charge is -2.07. The first kappa shape index (κ1) is 15.1. The van der Waals surface area contributed by atoms with Crippen LogP contribution in [0.4, 0.5) is 0 Å². The minimum atomic E-state index is -2.07. The maximum atomic E-state index is 10.6. The largest absolute Gasteiger partial charge is 0.789 e. The Morgan fingerprint density at radius 2 is 1.62 bits per heavy atom. The van der Waals surface area contributed by atoms with Gasteiger partial charge >= 0.3 is 19.3 Å². The smallest absolute Gasteiger partial charge is 0.472 e. The van der Waals surface area contributed by atoms with Crippen LogP contribution in [0.2, 0.25) is 0 Å². The minimum Gasteiger partial charge on any atom is -0.472 e. The van der Waals surface area contributed by atoms with Crippen molar-refractivity contribution in [2.75, 3.05) is 6.16 Å². The monoisotopic (exact) mass is 250 g/mol. The van der Waals surface area contributed by atoms with Crippen molar-refractivity contribution in [1.29, 1.82) is 0 Å². The van der Waals surface area contributed by atoms with Gasteiger partial charge < -0.3 is 24.5 Å². The van der Waals surface area contributed by atoms with Crippen molar-refractivity contribution in [3.8, 4) is 0 Å². The van der Waals surface area contributed by atoms with Gasteiger partial charge in [0, 0.05) is 0 Å². The van der Waals surface area contributed by atoms with Crippen LogP contribution in [0.3, 0.4) is 0 Å². The zero-order chi connectivity index (χ0) is 12.7. The predicted octanol–water partition coefficient (Wildman–Crippen LogP) is -2.17. The molecule has 1 fully saturated rings. The molecule has 0 spiro atoms. The van der Waals surface area contributed by atoms with Crippen LogP contribution in [0.15, 0.2) is 12.7 Å². The average Bonchev–Trinajstić information content (AvgIpc) is 2.33. The lowest BCUT2D eigenvalue weighted by atomic mass is 10.2. The standard InChI is InChI=1S/C4H5BO7.C3H7P/c6-1-2(7)4(9)12-5(10)11-3(1)8;1-2-3-4/h1-2,6-7,10H;2H,1,3-4H2. The highest BCUT2D eigenvalue weighted by molar-refractivity contribution is 7.16. The molecule has 0 aromatic rings. The molecule has 1 saturated heterocycles. The molecule has 0 aromatic heterocycles. The number of carbonyl (C=O) groups excluding carboxylic acids is 2. The topological polar surface area (TPSA) is 113 Å². The third-order valence-electron chi connectivity index (χ3n) is 1.38. The molecule has 90 valence electrons. The molecule has 7 nitrogen and oxygen atoms in total. The van der Waals surface area contributed by atoms with Gasteiger partial charge in [0.15, 0.2) is 12.2 Å². The summed E-state index contributed by atoms with van der Waals surface area (Å²) < 4.78 is 7.86. The third-order valence-corrected chi connectivity index (χ3v) is 1.72. The number of aliphatic hydroxyl groups is 2. The molecule has 1 heterocycles. The molecule has 0 aromatic carbocycles. The Balaban J connectivity index is 0.000000487. The summed E-state index contributed by atoms with van der Waals surface area (Å²) in [7, 11) is 0.465. The molecule has 3 N–H and O–H groups in total. The van der Waals surface area contributed by atoms with Gasteiger partial charge in [-0.2, -0.15) is 0 Å². The second-order valence-corrected chi connectivity index (χ2v) is 3.07. The molecule has 16 heavy (non-hydrogen) atoms. The van der Waals surface area contributed by atoms with Crippen molar-refractivity contribution in [1.82, 2.24) is 0 Å². The van der Waals surface area contributed by atoms with Gasteiger partial charge in [-0.1, -0.05) is 6.08 Å². The number of hydrogen-bond donors (Lipinski definition) is 3. The van der Waals surface area contributed by atoms with Crippen LogP contribution in [0.1, 0.15) is 0 Å². The van der Waals surface area contributed by atoms with E-state index in [1.807, 2.05) is 6.08 Å². The lowest BCUT2D eigenvalue weighted by Crippen LogP contribution is -2.38. The van der Waals surface area contributed by atoms with E-state index in [4.69, 9.17) is 15.2 Å². The molecule has 0 radical (unpaired) electrons. The second kappa shape index (κ2) is 7.35. The SMILES string of the molecule is C=CCP.O=C1OB(O)OC(=O)C(O)C1O. The van der Waals surface area contributed by atoms with Gasteiger partial charge in [0.2, 0.25) is 0 Å². The van der Waals surface area contributed by atoms with E-state index in [9.17, 15) is 9.59 Å². The van der Waals surface area contributed by atoms with Crippen molar-refractivity contribution in [2.45, 2.75) is 12.2 Å². The average molecular weight is 250 g/mol. The Labute approximate surface area is 94.4 Å². The van der Waals surface area contributed by atoms with E-state index >= 15 is 0 Å². The van der Waals surface area contributed by atoms with E-state index in [1.54, 1.807) is 0 Å². The van der Waals surface area contributed by atoms with Gasteiger partial charge in [-0.25, -0.2) is 0 Å². The van der Waals surface area contributed by atoms with Crippen LogP contribution < -0.4 is 0 Å². The van der Waals surface area contributed by atoms with E-state index in [-0.39, 0.29) is 0 Å². The molecular weight excluding hydrogens is 238 g/mol. The van der Waals surface area contributed by atoms with E-state index in [1.165, 1.54) is 0 Å². The van der Waals surface area contributed by atoms with Gasteiger partial charge in [0.05, 0.1) is 0 Å². The highest BCUT2D eigenvalue weighted by atomic mass is 31.0. The maximum absolute atomic E-state index is 10.6. The number of aliphatic hydroxyl groups excluding tert-OH is 2. The quantitative estimate of drug-likeness (QED) is 0.275. The molecule has 1 aliphatic rings. The van der Waals surface area contributed by atoms with Gasteiger partial charge in [-0.3, -0.25) is 9.59 Å². The highest BCUT2D eigenvalue weighted by Crippen LogP contribution is 2.06. The van der Waals surface area contributed by atoms with Gasteiger partial charge in [-0.05, 0) is 6.16 Å². The minimum absolute atomic E-state index is 1.00. The zero-order valence-electron chi connectivity index (χ0n) is 8.28. The fraction of sp³-hybridized carbons (Fsp3) is 0.429. The van der Waals surface area contributed by atoms with Crippen LogP contribution in [-0.2, 0) is 18.9 Å². The molecular formula is C7H12BO7P. The van der Waals surface area contributed by atoms with Gasteiger partial charge in [0.25, 0.3) is 0 Å². The molecule has 1 aliphatic heterocycles. The summed E-state index contributed by atoms with van der Waals surface area (Å²) in [5.74, 6) is -2.64. The number of allylic oxidation sites excluding steroid dienone is 1. The van der Waals surface area contributed by atoms with E-state index in [0.717, 1.165) is 6.16 Å². The van der Waals surface area contributed by atoms with Gasteiger partial charge in [-0.15, -0.1) is 15.8 Å². The zero-order valence-corrected chi connectivity index (χ0v) is 9.43. The van der Waals surface area contributed by atoms with Crippen molar-refractivity contribution >= 4 is 28.5 Å². The van der Waals surface area contributed by atoms with Crippen LogP contribution in [0.25, 0.3) is 0 Å². The first-order valence-corrected chi connectivity index (χ1v) is 5.01. The lowest BCUT2D eigenvalue weighted by molar-refractivity contribution is -0.156. The maximum Gasteiger partial charge on any atom is 0.789 e.